The van der Waals surface area contributed by atoms with Crippen molar-refractivity contribution in [3.05, 3.63) is 66.4 Å². The number of rotatable bonds is 5. The minimum atomic E-state index is -0.0121. The predicted molar refractivity (Wildman–Crippen MR) is 104 cm³/mol. The van der Waals surface area contributed by atoms with E-state index in [1.54, 1.807) is 37.5 Å². The van der Waals surface area contributed by atoms with Crippen LogP contribution in [0.1, 0.15) is 34.8 Å². The molecule has 0 aliphatic carbocycles. The Bertz CT molecular complexity index is 954. The lowest BCUT2D eigenvalue weighted by atomic mass is 10.0. The van der Waals surface area contributed by atoms with Crippen LogP contribution < -0.4 is 9.47 Å². The number of likely N-dealkylation sites (tertiary alicyclic amines) is 1. The molecule has 1 atom stereocenters. The number of aromatic nitrogens is 3. The summed E-state index contributed by atoms with van der Waals surface area (Å²) in [5.74, 6) is 2.07. The molecule has 1 fully saturated rings. The van der Waals surface area contributed by atoms with Crippen molar-refractivity contribution in [2.45, 2.75) is 18.9 Å². The third kappa shape index (κ3) is 3.31. The molecule has 1 saturated heterocycles. The lowest BCUT2D eigenvalue weighted by Crippen LogP contribution is -2.30. The zero-order valence-corrected chi connectivity index (χ0v) is 15.9. The van der Waals surface area contributed by atoms with Crippen LogP contribution in [0, 0.1) is 0 Å². The minimum absolute atomic E-state index is 0.0121. The SMILES string of the molecule is COc1ccc(C2CCCN2C(=O)c2ccc(-n3ccnc3)nc2)cc1OC. The highest BCUT2D eigenvalue weighted by Crippen LogP contribution is 2.37. The van der Waals surface area contributed by atoms with Crippen molar-refractivity contribution in [3.8, 4) is 17.3 Å². The highest BCUT2D eigenvalue weighted by atomic mass is 16.5. The van der Waals surface area contributed by atoms with Crippen LogP contribution in [0.15, 0.2) is 55.2 Å². The molecular formula is C21H22N4O3. The van der Waals surface area contributed by atoms with Gasteiger partial charge in [-0.2, -0.15) is 0 Å². The van der Waals surface area contributed by atoms with E-state index in [9.17, 15) is 4.79 Å². The molecule has 7 nitrogen and oxygen atoms in total. The van der Waals surface area contributed by atoms with Gasteiger partial charge in [0.05, 0.1) is 25.8 Å². The molecule has 144 valence electrons. The summed E-state index contributed by atoms with van der Waals surface area (Å²) in [6.45, 7) is 0.723. The van der Waals surface area contributed by atoms with Crippen LogP contribution in [0.4, 0.5) is 0 Å². The maximum Gasteiger partial charge on any atom is 0.255 e. The van der Waals surface area contributed by atoms with Crippen LogP contribution in [0.25, 0.3) is 5.82 Å². The van der Waals surface area contributed by atoms with Crippen LogP contribution in [-0.2, 0) is 0 Å². The Balaban J connectivity index is 1.57. The maximum atomic E-state index is 13.1. The van der Waals surface area contributed by atoms with Gasteiger partial charge in [-0.05, 0) is 42.7 Å². The summed E-state index contributed by atoms with van der Waals surface area (Å²) in [5.41, 5.74) is 1.63. The summed E-state index contributed by atoms with van der Waals surface area (Å²) in [7, 11) is 3.23. The first-order valence-corrected chi connectivity index (χ1v) is 9.18. The van der Waals surface area contributed by atoms with Gasteiger partial charge in [0.2, 0.25) is 0 Å². The second-order valence-electron chi connectivity index (χ2n) is 6.65. The molecule has 1 unspecified atom stereocenters. The molecule has 3 aromatic rings. The number of carbonyl (C=O) groups excluding carboxylic acids is 1. The Hall–Kier alpha value is -3.35. The van der Waals surface area contributed by atoms with E-state index in [4.69, 9.17) is 9.47 Å². The smallest absolute Gasteiger partial charge is 0.255 e. The van der Waals surface area contributed by atoms with Gasteiger partial charge >= 0.3 is 0 Å². The molecule has 4 rings (SSSR count). The predicted octanol–water partition coefficient (Wildman–Crippen LogP) is 3.26. The molecule has 7 heteroatoms. The number of methoxy groups -OCH3 is 2. The number of hydrogen-bond donors (Lipinski definition) is 0. The number of amides is 1. The maximum absolute atomic E-state index is 13.1. The average molecular weight is 378 g/mol. The normalized spacial score (nSPS) is 16.2. The van der Waals surface area contributed by atoms with Crippen LogP contribution in [-0.4, -0.2) is 46.1 Å². The molecule has 3 heterocycles. The fourth-order valence-corrected chi connectivity index (χ4v) is 3.64. The molecule has 0 radical (unpaired) electrons. The van der Waals surface area contributed by atoms with Gasteiger partial charge < -0.3 is 14.4 Å². The molecule has 1 aliphatic rings. The van der Waals surface area contributed by atoms with E-state index in [1.165, 1.54) is 0 Å². The Kier molecular flexibility index (Phi) is 4.97. The minimum Gasteiger partial charge on any atom is -0.493 e. The van der Waals surface area contributed by atoms with E-state index in [-0.39, 0.29) is 11.9 Å². The zero-order valence-electron chi connectivity index (χ0n) is 15.9. The molecule has 0 bridgehead atoms. The lowest BCUT2D eigenvalue weighted by Gasteiger charge is -2.25. The molecule has 1 amide bonds. The number of carbonyl (C=O) groups is 1. The van der Waals surface area contributed by atoms with Gasteiger partial charge in [-0.15, -0.1) is 0 Å². The monoisotopic (exact) mass is 378 g/mol. The van der Waals surface area contributed by atoms with Gasteiger partial charge in [0.1, 0.15) is 12.1 Å². The molecule has 0 saturated carbocycles. The van der Waals surface area contributed by atoms with E-state index < -0.39 is 0 Å². The van der Waals surface area contributed by atoms with Crippen LogP contribution in [0.3, 0.4) is 0 Å². The summed E-state index contributed by atoms with van der Waals surface area (Å²) in [6, 6.07) is 9.50. The van der Waals surface area contributed by atoms with Crippen molar-refractivity contribution in [1.82, 2.24) is 19.4 Å². The fraction of sp³-hybridized carbons (Fsp3) is 0.286. The molecular weight excluding hydrogens is 356 g/mol. The summed E-state index contributed by atoms with van der Waals surface area (Å²) >= 11 is 0. The van der Waals surface area contributed by atoms with E-state index in [0.717, 1.165) is 30.8 Å². The van der Waals surface area contributed by atoms with Crippen LogP contribution >= 0.6 is 0 Å². The zero-order chi connectivity index (χ0) is 19.5. The Morgan fingerprint density at radius 3 is 2.68 bits per heavy atom. The molecule has 1 aromatic carbocycles. The van der Waals surface area contributed by atoms with E-state index in [2.05, 4.69) is 9.97 Å². The van der Waals surface area contributed by atoms with Gasteiger partial charge in [0.25, 0.3) is 5.91 Å². The topological polar surface area (TPSA) is 69.5 Å². The third-order valence-electron chi connectivity index (χ3n) is 5.07. The Labute approximate surface area is 163 Å². The third-order valence-corrected chi connectivity index (χ3v) is 5.07. The van der Waals surface area contributed by atoms with E-state index in [1.807, 2.05) is 41.4 Å². The molecule has 28 heavy (non-hydrogen) atoms. The standard InChI is InChI=1S/C21H22N4O3/c1-27-18-7-5-15(12-19(18)28-2)17-4-3-10-25(17)21(26)16-6-8-20(23-13-16)24-11-9-22-14-24/h5-9,11-14,17H,3-4,10H2,1-2H3. The highest BCUT2D eigenvalue weighted by molar-refractivity contribution is 5.94. The summed E-state index contributed by atoms with van der Waals surface area (Å²) in [5, 5.41) is 0. The Morgan fingerprint density at radius 1 is 1.14 bits per heavy atom. The van der Waals surface area contributed by atoms with Crippen molar-refractivity contribution in [2.75, 3.05) is 20.8 Å². The van der Waals surface area contributed by atoms with Crippen LogP contribution in [0.5, 0.6) is 11.5 Å². The van der Waals surface area contributed by atoms with Gasteiger partial charge in [-0.3, -0.25) is 9.36 Å². The first kappa shape index (κ1) is 18.0. The van der Waals surface area contributed by atoms with Crippen molar-refractivity contribution in [3.63, 3.8) is 0 Å². The summed E-state index contributed by atoms with van der Waals surface area (Å²) in [4.78, 5) is 23.4. The van der Waals surface area contributed by atoms with Gasteiger partial charge in [-0.25, -0.2) is 9.97 Å². The van der Waals surface area contributed by atoms with E-state index >= 15 is 0 Å². The second-order valence-corrected chi connectivity index (χ2v) is 6.65. The van der Waals surface area contributed by atoms with Crippen molar-refractivity contribution in [2.24, 2.45) is 0 Å². The van der Waals surface area contributed by atoms with Gasteiger partial charge in [-0.1, -0.05) is 6.07 Å². The van der Waals surface area contributed by atoms with Crippen LogP contribution in [0.2, 0.25) is 0 Å². The van der Waals surface area contributed by atoms with Crippen molar-refractivity contribution >= 4 is 5.91 Å². The second kappa shape index (κ2) is 7.72. The number of pyridine rings is 1. The fourth-order valence-electron chi connectivity index (χ4n) is 3.64. The first-order chi connectivity index (χ1) is 13.7. The quantitative estimate of drug-likeness (QED) is 0.682. The first-order valence-electron chi connectivity index (χ1n) is 9.18. The molecule has 2 aromatic heterocycles. The number of hydrogen-bond acceptors (Lipinski definition) is 5. The molecule has 0 spiro atoms. The summed E-state index contributed by atoms with van der Waals surface area (Å²) in [6.07, 6.45) is 8.70. The molecule has 0 N–H and O–H groups in total. The molecule has 1 aliphatic heterocycles. The van der Waals surface area contributed by atoms with Gasteiger partial charge in [0, 0.05) is 25.1 Å². The average Bonchev–Trinajstić information content (AvgIpc) is 3.45. The Morgan fingerprint density at radius 2 is 2.00 bits per heavy atom. The number of benzene rings is 1. The van der Waals surface area contributed by atoms with Gasteiger partial charge in [0.15, 0.2) is 11.5 Å². The van der Waals surface area contributed by atoms with Crippen molar-refractivity contribution < 1.29 is 14.3 Å². The number of ether oxygens (including phenoxy) is 2. The lowest BCUT2D eigenvalue weighted by molar-refractivity contribution is 0.0735. The number of imidazole rings is 1. The number of nitrogens with zero attached hydrogens (tertiary/aromatic N) is 4. The largest absolute Gasteiger partial charge is 0.493 e. The van der Waals surface area contributed by atoms with Crippen molar-refractivity contribution in [1.29, 1.82) is 0 Å². The summed E-state index contributed by atoms with van der Waals surface area (Å²) < 4.78 is 12.5. The van der Waals surface area contributed by atoms with E-state index in [0.29, 0.717) is 17.1 Å². The highest BCUT2D eigenvalue weighted by Gasteiger charge is 2.31.